The van der Waals surface area contributed by atoms with Gasteiger partial charge in [-0.1, -0.05) is 103 Å². The summed E-state index contributed by atoms with van der Waals surface area (Å²) in [6.07, 6.45) is 13.1. The summed E-state index contributed by atoms with van der Waals surface area (Å²) in [6.45, 7) is 6.90. The summed E-state index contributed by atoms with van der Waals surface area (Å²) >= 11 is 0. The van der Waals surface area contributed by atoms with E-state index in [-0.39, 0.29) is 35.2 Å². The van der Waals surface area contributed by atoms with Crippen molar-refractivity contribution in [2.45, 2.75) is 91.4 Å². The van der Waals surface area contributed by atoms with E-state index in [9.17, 15) is 18.4 Å². The smallest absolute Gasteiger partial charge is 0.343 e. The monoisotopic (exact) mass is 608 g/mol. The number of halogens is 2. The number of rotatable bonds is 19. The minimum Gasteiger partial charge on any atom is -0.491 e. The molecule has 0 fully saturated rings. The van der Waals surface area contributed by atoms with E-state index in [2.05, 4.69) is 6.92 Å². The van der Waals surface area contributed by atoms with Crippen LogP contribution in [-0.2, 0) is 4.74 Å². The zero-order valence-corrected chi connectivity index (χ0v) is 26.3. The Morgan fingerprint density at radius 3 is 1.84 bits per heavy atom. The highest BCUT2D eigenvalue weighted by atomic mass is 19.1. The zero-order valence-electron chi connectivity index (χ0n) is 26.3. The first kappa shape index (κ1) is 34.7. The van der Waals surface area contributed by atoms with Gasteiger partial charge in [-0.15, -0.1) is 0 Å². The van der Waals surface area contributed by atoms with Crippen LogP contribution in [0.5, 0.6) is 11.5 Å². The van der Waals surface area contributed by atoms with E-state index in [0.29, 0.717) is 17.7 Å². The fourth-order valence-electron chi connectivity index (χ4n) is 4.66. The summed E-state index contributed by atoms with van der Waals surface area (Å²) in [4.78, 5) is 24.8. The molecule has 7 heteroatoms. The molecule has 5 nitrogen and oxygen atoms in total. The first-order chi connectivity index (χ1) is 21.3. The maximum Gasteiger partial charge on any atom is 0.343 e. The summed E-state index contributed by atoms with van der Waals surface area (Å²) in [5.41, 5.74) is 1.57. The molecule has 44 heavy (non-hydrogen) atoms. The lowest BCUT2D eigenvalue weighted by Crippen LogP contribution is -2.13. The molecule has 0 bridgehead atoms. The Balaban J connectivity index is 1.45. The molecule has 0 heterocycles. The maximum absolute atomic E-state index is 14.7. The van der Waals surface area contributed by atoms with Gasteiger partial charge in [0.15, 0.2) is 23.1 Å². The number of hydrogen-bond acceptors (Lipinski definition) is 5. The average Bonchev–Trinajstić information content (AvgIpc) is 3.03. The first-order valence-corrected chi connectivity index (χ1v) is 16.0. The van der Waals surface area contributed by atoms with Crippen molar-refractivity contribution in [3.05, 3.63) is 83.4 Å². The molecule has 0 unspecified atom stereocenters. The molecule has 0 N–H and O–H groups in total. The third-order valence-corrected chi connectivity index (χ3v) is 7.71. The van der Waals surface area contributed by atoms with Crippen LogP contribution in [0, 0.1) is 17.6 Å². The third kappa shape index (κ3) is 11.4. The van der Waals surface area contributed by atoms with Crippen molar-refractivity contribution in [1.29, 1.82) is 0 Å². The van der Waals surface area contributed by atoms with Crippen LogP contribution in [0.4, 0.5) is 8.78 Å². The molecule has 0 radical (unpaired) electrons. The van der Waals surface area contributed by atoms with Gasteiger partial charge in [0, 0.05) is 0 Å². The van der Waals surface area contributed by atoms with Gasteiger partial charge in [-0.25, -0.2) is 18.4 Å². The fraction of sp³-hybridized carbons (Fsp3) is 0.459. The van der Waals surface area contributed by atoms with Crippen molar-refractivity contribution in [1.82, 2.24) is 0 Å². The van der Waals surface area contributed by atoms with Gasteiger partial charge in [0.25, 0.3) is 0 Å². The Morgan fingerprint density at radius 1 is 0.659 bits per heavy atom. The minimum atomic E-state index is -0.848. The number of ether oxygens (including phenoxy) is 3. The molecule has 0 aliphatic rings. The van der Waals surface area contributed by atoms with Crippen LogP contribution in [-0.4, -0.2) is 25.2 Å². The molecule has 0 saturated carbocycles. The molecule has 0 amide bonds. The molecule has 238 valence electrons. The van der Waals surface area contributed by atoms with E-state index >= 15 is 0 Å². The van der Waals surface area contributed by atoms with E-state index in [1.165, 1.54) is 81.7 Å². The quantitative estimate of drug-likeness (QED) is 0.0770. The summed E-state index contributed by atoms with van der Waals surface area (Å²) in [6, 6.07) is 14.8. The standard InChI is InChI=1S/C37H46F2O5/c1-4-6-7-8-9-10-11-12-13-14-23-42-34-21-19-30(24-32(34)38)28-15-17-29(18-16-28)37(41)44-35-22-20-31(25-33(35)39)36(40)43-26-27(3)5-2/h15-22,24-25,27H,4-14,23,26H2,1-3H3/t27-/m0/s1. The topological polar surface area (TPSA) is 61.8 Å². The van der Waals surface area contributed by atoms with Crippen molar-refractivity contribution < 1.29 is 32.6 Å². The summed E-state index contributed by atoms with van der Waals surface area (Å²) < 4.78 is 45.4. The van der Waals surface area contributed by atoms with Crippen LogP contribution in [0.15, 0.2) is 60.7 Å². The second-order valence-corrected chi connectivity index (χ2v) is 11.4. The Kier molecular flexibility index (Phi) is 14.9. The van der Waals surface area contributed by atoms with Gasteiger partial charge in [0.1, 0.15) is 0 Å². The lowest BCUT2D eigenvalue weighted by Gasteiger charge is -2.11. The van der Waals surface area contributed by atoms with Crippen LogP contribution in [0.1, 0.15) is 112 Å². The molecule has 0 saturated heterocycles. The predicted octanol–water partition coefficient (Wildman–Crippen LogP) is 10.4. The Morgan fingerprint density at radius 2 is 1.23 bits per heavy atom. The van der Waals surface area contributed by atoms with Crippen molar-refractivity contribution in [3.8, 4) is 22.6 Å². The van der Waals surface area contributed by atoms with Crippen molar-refractivity contribution in [2.75, 3.05) is 13.2 Å². The lowest BCUT2D eigenvalue weighted by atomic mass is 10.0. The Bertz CT molecular complexity index is 1320. The highest BCUT2D eigenvalue weighted by Crippen LogP contribution is 2.27. The number of esters is 2. The molecule has 0 aliphatic heterocycles. The molecule has 0 aliphatic carbocycles. The van der Waals surface area contributed by atoms with Gasteiger partial charge in [-0.2, -0.15) is 0 Å². The fourth-order valence-corrected chi connectivity index (χ4v) is 4.66. The number of carbonyl (C=O) groups is 2. The van der Waals surface area contributed by atoms with Crippen LogP contribution < -0.4 is 9.47 Å². The number of hydrogen-bond donors (Lipinski definition) is 0. The van der Waals surface area contributed by atoms with Gasteiger partial charge in [0.2, 0.25) is 0 Å². The van der Waals surface area contributed by atoms with E-state index in [1.807, 2.05) is 13.8 Å². The van der Waals surface area contributed by atoms with Crippen LogP contribution in [0.25, 0.3) is 11.1 Å². The average molecular weight is 609 g/mol. The molecule has 1 atom stereocenters. The van der Waals surface area contributed by atoms with Crippen LogP contribution in [0.2, 0.25) is 0 Å². The van der Waals surface area contributed by atoms with Gasteiger partial charge in [-0.05, 0) is 65.9 Å². The van der Waals surface area contributed by atoms with E-state index in [4.69, 9.17) is 14.2 Å². The molecule has 3 rings (SSSR count). The molecular formula is C37H46F2O5. The van der Waals surface area contributed by atoms with Crippen LogP contribution >= 0.6 is 0 Å². The second-order valence-electron chi connectivity index (χ2n) is 11.4. The first-order valence-electron chi connectivity index (χ1n) is 16.0. The highest BCUT2D eigenvalue weighted by Gasteiger charge is 2.16. The summed E-state index contributed by atoms with van der Waals surface area (Å²) in [5, 5.41) is 0. The van der Waals surface area contributed by atoms with Gasteiger partial charge < -0.3 is 14.2 Å². The second kappa shape index (κ2) is 18.8. The van der Waals surface area contributed by atoms with Gasteiger partial charge in [-0.3, -0.25) is 0 Å². The van der Waals surface area contributed by atoms with E-state index in [0.717, 1.165) is 25.3 Å². The van der Waals surface area contributed by atoms with Gasteiger partial charge >= 0.3 is 11.9 Å². The molecule has 0 spiro atoms. The number of benzene rings is 3. The van der Waals surface area contributed by atoms with E-state index in [1.54, 1.807) is 24.3 Å². The molecule has 3 aromatic carbocycles. The third-order valence-electron chi connectivity index (χ3n) is 7.71. The number of unbranched alkanes of at least 4 members (excludes halogenated alkanes) is 9. The maximum atomic E-state index is 14.7. The van der Waals surface area contributed by atoms with Crippen LogP contribution in [0.3, 0.4) is 0 Å². The summed E-state index contributed by atoms with van der Waals surface area (Å²) in [7, 11) is 0. The highest BCUT2D eigenvalue weighted by molar-refractivity contribution is 5.92. The molecule has 3 aromatic rings. The van der Waals surface area contributed by atoms with Crippen molar-refractivity contribution in [3.63, 3.8) is 0 Å². The largest absolute Gasteiger partial charge is 0.491 e. The molecular weight excluding hydrogens is 562 g/mol. The normalized spacial score (nSPS) is 11.7. The predicted molar refractivity (Wildman–Crippen MR) is 170 cm³/mol. The summed E-state index contributed by atoms with van der Waals surface area (Å²) in [5.74, 6) is -2.56. The lowest BCUT2D eigenvalue weighted by molar-refractivity contribution is 0.0446. The van der Waals surface area contributed by atoms with E-state index < -0.39 is 23.6 Å². The zero-order chi connectivity index (χ0) is 31.7. The Labute approximate surface area is 260 Å². The van der Waals surface area contributed by atoms with Crippen molar-refractivity contribution >= 4 is 11.9 Å². The minimum absolute atomic E-state index is 0.0393. The SMILES string of the molecule is CCCCCCCCCCCCOc1ccc(-c2ccc(C(=O)Oc3ccc(C(=O)OC[C@@H](C)CC)cc3F)cc2)cc1F. The molecule has 0 aromatic heterocycles. The van der Waals surface area contributed by atoms with Crippen molar-refractivity contribution in [2.24, 2.45) is 5.92 Å². The Hall–Kier alpha value is -3.74. The van der Waals surface area contributed by atoms with Gasteiger partial charge in [0.05, 0.1) is 24.3 Å². The number of carbonyl (C=O) groups excluding carboxylic acids is 2.